The Morgan fingerprint density at radius 1 is 1.24 bits per heavy atom. The number of rotatable bonds is 5. The monoisotopic (exact) mass is 253 g/mol. The largest absolute Gasteiger partial charge is 0.314 e. The molecule has 0 aliphatic carbocycles. The molecule has 94 valence electrons. The molecule has 0 atom stereocenters. The molecule has 0 saturated carbocycles. The fraction of sp³-hybridized carbons (Fsp3) is 0.538. The van der Waals surface area contributed by atoms with Crippen LogP contribution in [-0.4, -0.2) is 44.2 Å². The summed E-state index contributed by atoms with van der Waals surface area (Å²) in [5.74, 6) is 0. The number of nitrogens with one attached hydrogen (secondary N) is 2. The number of benzene rings is 1. The first-order valence-electron chi connectivity index (χ1n) is 6.23. The maximum Gasteiger partial charge on any atom is 0.0450 e. The third-order valence-electron chi connectivity index (χ3n) is 3.09. The second-order valence-corrected chi connectivity index (χ2v) is 4.77. The topological polar surface area (TPSA) is 27.3 Å². The molecule has 4 heteroatoms. The van der Waals surface area contributed by atoms with Crippen molar-refractivity contribution in [2.75, 3.05) is 39.3 Å². The summed E-state index contributed by atoms with van der Waals surface area (Å²) in [5.41, 5.74) is 1.18. The smallest absolute Gasteiger partial charge is 0.0450 e. The Bertz CT molecular complexity index is 337. The van der Waals surface area contributed by atoms with Crippen LogP contribution in [0.3, 0.4) is 0 Å². The Labute approximate surface area is 108 Å². The molecule has 1 heterocycles. The third kappa shape index (κ3) is 4.28. The van der Waals surface area contributed by atoms with E-state index in [1.165, 1.54) is 5.56 Å². The van der Waals surface area contributed by atoms with E-state index in [0.717, 1.165) is 50.8 Å². The van der Waals surface area contributed by atoms with Gasteiger partial charge in [0.2, 0.25) is 0 Å². The SMILES string of the molecule is Clc1ccccc1CNCCN1CCNCC1. The molecule has 0 radical (unpaired) electrons. The van der Waals surface area contributed by atoms with E-state index >= 15 is 0 Å². The van der Waals surface area contributed by atoms with Crippen molar-refractivity contribution in [1.82, 2.24) is 15.5 Å². The lowest BCUT2D eigenvalue weighted by molar-refractivity contribution is 0.241. The predicted octanol–water partition coefficient (Wildman–Crippen LogP) is 1.33. The van der Waals surface area contributed by atoms with Crippen LogP contribution in [0.1, 0.15) is 5.56 Å². The molecule has 1 aliphatic rings. The fourth-order valence-corrected chi connectivity index (χ4v) is 2.24. The summed E-state index contributed by atoms with van der Waals surface area (Å²) in [6.45, 7) is 7.54. The van der Waals surface area contributed by atoms with E-state index in [2.05, 4.69) is 21.6 Å². The first-order valence-corrected chi connectivity index (χ1v) is 6.61. The van der Waals surface area contributed by atoms with Crippen molar-refractivity contribution in [3.05, 3.63) is 34.9 Å². The van der Waals surface area contributed by atoms with E-state index in [0.29, 0.717) is 0 Å². The Balaban J connectivity index is 1.64. The molecule has 0 amide bonds. The van der Waals surface area contributed by atoms with Crippen LogP contribution < -0.4 is 10.6 Å². The molecule has 0 spiro atoms. The van der Waals surface area contributed by atoms with Crippen molar-refractivity contribution < 1.29 is 0 Å². The molecule has 0 unspecified atom stereocenters. The Morgan fingerprint density at radius 3 is 2.76 bits per heavy atom. The molecular formula is C13H20ClN3. The van der Waals surface area contributed by atoms with Gasteiger partial charge < -0.3 is 10.6 Å². The summed E-state index contributed by atoms with van der Waals surface area (Å²) in [6.07, 6.45) is 0. The van der Waals surface area contributed by atoms with E-state index in [4.69, 9.17) is 11.6 Å². The van der Waals surface area contributed by atoms with E-state index in [9.17, 15) is 0 Å². The summed E-state index contributed by atoms with van der Waals surface area (Å²) < 4.78 is 0. The molecular weight excluding hydrogens is 234 g/mol. The normalized spacial score (nSPS) is 17.2. The molecule has 3 nitrogen and oxygen atoms in total. The molecule has 1 aliphatic heterocycles. The van der Waals surface area contributed by atoms with E-state index < -0.39 is 0 Å². The van der Waals surface area contributed by atoms with Gasteiger partial charge in [-0.05, 0) is 11.6 Å². The second kappa shape index (κ2) is 6.97. The minimum absolute atomic E-state index is 0.849. The van der Waals surface area contributed by atoms with Crippen LogP contribution in [0.5, 0.6) is 0 Å². The van der Waals surface area contributed by atoms with E-state index in [1.807, 2.05) is 18.2 Å². The first-order chi connectivity index (χ1) is 8.36. The van der Waals surface area contributed by atoms with Gasteiger partial charge in [-0.25, -0.2) is 0 Å². The first kappa shape index (κ1) is 12.8. The van der Waals surface area contributed by atoms with Crippen LogP contribution in [0, 0.1) is 0 Å². The quantitative estimate of drug-likeness (QED) is 0.776. The van der Waals surface area contributed by atoms with Gasteiger partial charge in [-0.1, -0.05) is 29.8 Å². The highest BCUT2D eigenvalue weighted by molar-refractivity contribution is 6.31. The summed E-state index contributed by atoms with van der Waals surface area (Å²) in [4.78, 5) is 2.48. The molecule has 2 N–H and O–H groups in total. The van der Waals surface area contributed by atoms with Crippen molar-refractivity contribution in [2.24, 2.45) is 0 Å². The average molecular weight is 254 g/mol. The Kier molecular flexibility index (Phi) is 5.26. The van der Waals surface area contributed by atoms with Gasteiger partial charge in [0, 0.05) is 50.8 Å². The summed E-state index contributed by atoms with van der Waals surface area (Å²) in [6, 6.07) is 8.00. The van der Waals surface area contributed by atoms with Gasteiger partial charge in [0.25, 0.3) is 0 Å². The zero-order valence-corrected chi connectivity index (χ0v) is 10.8. The van der Waals surface area contributed by atoms with Gasteiger partial charge >= 0.3 is 0 Å². The van der Waals surface area contributed by atoms with Gasteiger partial charge in [-0.3, -0.25) is 4.90 Å². The van der Waals surface area contributed by atoms with Crippen molar-refractivity contribution in [2.45, 2.75) is 6.54 Å². The lowest BCUT2D eigenvalue weighted by atomic mass is 10.2. The molecule has 17 heavy (non-hydrogen) atoms. The van der Waals surface area contributed by atoms with Crippen LogP contribution in [0.4, 0.5) is 0 Å². The molecule has 1 aromatic carbocycles. The maximum atomic E-state index is 6.09. The number of hydrogen-bond donors (Lipinski definition) is 2. The van der Waals surface area contributed by atoms with Gasteiger partial charge in [0.05, 0.1) is 0 Å². The minimum Gasteiger partial charge on any atom is -0.314 e. The zero-order valence-electron chi connectivity index (χ0n) is 10.1. The highest BCUT2D eigenvalue weighted by Gasteiger charge is 2.08. The van der Waals surface area contributed by atoms with Crippen LogP contribution in [-0.2, 0) is 6.54 Å². The van der Waals surface area contributed by atoms with Crippen molar-refractivity contribution >= 4 is 11.6 Å². The molecule has 0 bridgehead atoms. The summed E-state index contributed by atoms with van der Waals surface area (Å²) in [7, 11) is 0. The van der Waals surface area contributed by atoms with Crippen LogP contribution >= 0.6 is 11.6 Å². The minimum atomic E-state index is 0.849. The van der Waals surface area contributed by atoms with Crippen LogP contribution in [0.15, 0.2) is 24.3 Å². The third-order valence-corrected chi connectivity index (χ3v) is 3.46. The average Bonchev–Trinajstić information content (AvgIpc) is 2.38. The van der Waals surface area contributed by atoms with Gasteiger partial charge in [-0.2, -0.15) is 0 Å². The molecule has 1 aromatic rings. The Hall–Kier alpha value is -0.610. The van der Waals surface area contributed by atoms with Crippen molar-refractivity contribution in [3.8, 4) is 0 Å². The molecule has 2 rings (SSSR count). The number of halogens is 1. The Morgan fingerprint density at radius 2 is 2.00 bits per heavy atom. The van der Waals surface area contributed by atoms with Crippen LogP contribution in [0.2, 0.25) is 5.02 Å². The fourth-order valence-electron chi connectivity index (χ4n) is 2.04. The highest BCUT2D eigenvalue weighted by atomic mass is 35.5. The second-order valence-electron chi connectivity index (χ2n) is 4.36. The highest BCUT2D eigenvalue weighted by Crippen LogP contribution is 2.13. The lowest BCUT2D eigenvalue weighted by Crippen LogP contribution is -2.45. The number of hydrogen-bond acceptors (Lipinski definition) is 3. The molecule has 1 fully saturated rings. The summed E-state index contributed by atoms with van der Waals surface area (Å²) in [5, 5.41) is 7.65. The predicted molar refractivity (Wildman–Crippen MR) is 72.5 cm³/mol. The molecule has 1 saturated heterocycles. The van der Waals surface area contributed by atoms with Crippen molar-refractivity contribution in [3.63, 3.8) is 0 Å². The van der Waals surface area contributed by atoms with Gasteiger partial charge in [0.1, 0.15) is 0 Å². The molecule has 0 aromatic heterocycles. The summed E-state index contributed by atoms with van der Waals surface area (Å²) >= 11 is 6.09. The van der Waals surface area contributed by atoms with Crippen molar-refractivity contribution in [1.29, 1.82) is 0 Å². The van der Waals surface area contributed by atoms with E-state index in [1.54, 1.807) is 0 Å². The van der Waals surface area contributed by atoms with Gasteiger partial charge in [-0.15, -0.1) is 0 Å². The lowest BCUT2D eigenvalue weighted by Gasteiger charge is -2.27. The number of nitrogens with zero attached hydrogens (tertiary/aromatic N) is 1. The van der Waals surface area contributed by atoms with E-state index in [-0.39, 0.29) is 0 Å². The zero-order chi connectivity index (χ0) is 11.9. The number of piperazine rings is 1. The van der Waals surface area contributed by atoms with Crippen LogP contribution in [0.25, 0.3) is 0 Å². The standard InChI is InChI=1S/C13H20ClN3/c14-13-4-2-1-3-12(13)11-16-7-10-17-8-5-15-6-9-17/h1-4,15-16H,5-11H2. The van der Waals surface area contributed by atoms with Gasteiger partial charge in [0.15, 0.2) is 0 Å². The maximum absolute atomic E-state index is 6.09.